The fraction of sp³-hybridized carbons (Fsp3) is 0.625. The third kappa shape index (κ3) is 3.28. The Morgan fingerprint density at radius 2 is 1.80 bits per heavy atom. The lowest BCUT2D eigenvalue weighted by Gasteiger charge is -2.18. The highest BCUT2D eigenvalue weighted by atomic mass is 16.4. The van der Waals surface area contributed by atoms with Crippen LogP contribution in [0.1, 0.15) is 27.7 Å². The molecule has 0 radical (unpaired) electrons. The monoisotopic (exact) mass is 142 g/mol. The van der Waals surface area contributed by atoms with Crippen molar-refractivity contribution in [1.29, 1.82) is 0 Å². The topological polar surface area (TPSA) is 37.3 Å². The maximum absolute atomic E-state index is 10.2. The number of hydrogen-bond donors (Lipinski definition) is 1. The molecule has 0 saturated heterocycles. The maximum atomic E-state index is 10.2. The molecule has 0 fully saturated rings. The fourth-order valence-corrected chi connectivity index (χ4v) is 0.402. The van der Waals surface area contributed by atoms with Gasteiger partial charge in [-0.1, -0.05) is 26.3 Å². The lowest BCUT2D eigenvalue weighted by atomic mass is 9.87. The van der Waals surface area contributed by atoms with Gasteiger partial charge in [0.2, 0.25) is 0 Å². The molecule has 1 N–H and O–H groups in total. The predicted octanol–water partition coefficient (Wildman–Crippen LogP) is 2.06. The lowest BCUT2D eigenvalue weighted by Crippen LogP contribution is -2.08. The molecule has 0 aliphatic carbocycles. The summed E-state index contributed by atoms with van der Waals surface area (Å²) >= 11 is 0. The van der Waals surface area contributed by atoms with E-state index >= 15 is 0 Å². The number of carbonyl (C=O) groups is 1. The molecule has 2 nitrogen and oxygen atoms in total. The molecule has 0 aromatic carbocycles. The normalized spacial score (nSPS) is 13.4. The van der Waals surface area contributed by atoms with Crippen LogP contribution in [0, 0.1) is 5.41 Å². The second-order valence-corrected chi connectivity index (χ2v) is 3.42. The summed E-state index contributed by atoms with van der Waals surface area (Å²) in [6, 6.07) is 0. The molecule has 0 amide bonds. The quantitative estimate of drug-likeness (QED) is 0.569. The van der Waals surface area contributed by atoms with Gasteiger partial charge >= 0.3 is 5.97 Å². The molecular weight excluding hydrogens is 128 g/mol. The van der Waals surface area contributed by atoms with Crippen LogP contribution < -0.4 is 0 Å². The highest BCUT2D eigenvalue weighted by Gasteiger charge is 2.12. The fourth-order valence-electron chi connectivity index (χ4n) is 0.402. The van der Waals surface area contributed by atoms with Gasteiger partial charge in [-0.15, -0.1) is 0 Å². The number of aliphatic carboxylic acids is 1. The third-order valence-corrected chi connectivity index (χ3v) is 1.52. The molecule has 0 atom stereocenters. The van der Waals surface area contributed by atoms with Gasteiger partial charge in [0.05, 0.1) is 0 Å². The van der Waals surface area contributed by atoms with Crippen molar-refractivity contribution < 1.29 is 9.90 Å². The third-order valence-electron chi connectivity index (χ3n) is 1.52. The molecule has 0 unspecified atom stereocenters. The van der Waals surface area contributed by atoms with Gasteiger partial charge < -0.3 is 5.11 Å². The first kappa shape index (κ1) is 9.21. The van der Waals surface area contributed by atoms with E-state index in [1.807, 2.05) is 27.7 Å². The minimum Gasteiger partial charge on any atom is -0.478 e. The zero-order chi connectivity index (χ0) is 8.36. The second-order valence-electron chi connectivity index (χ2n) is 3.42. The van der Waals surface area contributed by atoms with Crippen molar-refractivity contribution in [2.75, 3.05) is 0 Å². The Morgan fingerprint density at radius 1 is 1.40 bits per heavy atom. The van der Waals surface area contributed by atoms with Crippen molar-refractivity contribution in [3.8, 4) is 0 Å². The smallest absolute Gasteiger partial charge is 0.328 e. The van der Waals surface area contributed by atoms with Crippen molar-refractivity contribution >= 4 is 5.97 Å². The molecule has 10 heavy (non-hydrogen) atoms. The van der Waals surface area contributed by atoms with Gasteiger partial charge in [0.25, 0.3) is 0 Å². The lowest BCUT2D eigenvalue weighted by molar-refractivity contribution is -0.131. The number of allylic oxidation sites excluding steroid dienone is 1. The van der Waals surface area contributed by atoms with E-state index in [1.54, 1.807) is 0 Å². The van der Waals surface area contributed by atoms with E-state index < -0.39 is 5.97 Å². The minimum absolute atomic E-state index is 0.0294. The van der Waals surface area contributed by atoms with Crippen LogP contribution in [0.5, 0.6) is 0 Å². The summed E-state index contributed by atoms with van der Waals surface area (Å²) in [7, 11) is 0. The van der Waals surface area contributed by atoms with Crippen LogP contribution in [0.4, 0.5) is 0 Å². The molecule has 0 heterocycles. The van der Waals surface area contributed by atoms with E-state index in [2.05, 4.69) is 0 Å². The van der Waals surface area contributed by atoms with E-state index in [0.29, 0.717) is 0 Å². The summed E-state index contributed by atoms with van der Waals surface area (Å²) in [6.45, 7) is 7.79. The zero-order valence-electron chi connectivity index (χ0n) is 6.93. The summed E-state index contributed by atoms with van der Waals surface area (Å²) in [5, 5.41) is 8.37. The molecule has 0 rings (SSSR count). The summed E-state index contributed by atoms with van der Waals surface area (Å²) in [6.07, 6.45) is 1.25. The van der Waals surface area contributed by atoms with Gasteiger partial charge in [-0.05, 0) is 12.3 Å². The second kappa shape index (κ2) is 2.86. The van der Waals surface area contributed by atoms with Crippen molar-refractivity contribution in [1.82, 2.24) is 0 Å². The van der Waals surface area contributed by atoms with Crippen LogP contribution in [0.15, 0.2) is 11.6 Å². The van der Waals surface area contributed by atoms with Gasteiger partial charge in [0.1, 0.15) is 0 Å². The Morgan fingerprint density at radius 3 is 1.90 bits per heavy atom. The zero-order valence-corrected chi connectivity index (χ0v) is 6.93. The van der Waals surface area contributed by atoms with Gasteiger partial charge in [-0.3, -0.25) is 0 Å². The minimum atomic E-state index is -0.868. The number of rotatable bonds is 1. The summed E-state index contributed by atoms with van der Waals surface area (Å²) in [4.78, 5) is 10.2. The van der Waals surface area contributed by atoms with Gasteiger partial charge in [0, 0.05) is 6.08 Å². The summed E-state index contributed by atoms with van der Waals surface area (Å²) < 4.78 is 0. The average Bonchev–Trinajstić information content (AvgIpc) is 1.60. The van der Waals surface area contributed by atoms with E-state index in [-0.39, 0.29) is 5.41 Å². The Balaban J connectivity index is 4.35. The number of carboxylic acids is 1. The highest BCUT2D eigenvalue weighted by Crippen LogP contribution is 2.23. The average molecular weight is 142 g/mol. The summed E-state index contributed by atoms with van der Waals surface area (Å²) in [5.41, 5.74) is 0.860. The Bertz CT molecular complexity index is 161. The molecule has 0 bridgehead atoms. The van der Waals surface area contributed by atoms with Crippen LogP contribution >= 0.6 is 0 Å². The molecule has 0 aromatic heterocycles. The maximum Gasteiger partial charge on any atom is 0.328 e. The number of carboxylic acid groups (broad SMARTS) is 1. The molecule has 0 spiro atoms. The largest absolute Gasteiger partial charge is 0.478 e. The highest BCUT2D eigenvalue weighted by molar-refractivity contribution is 5.80. The van der Waals surface area contributed by atoms with E-state index in [4.69, 9.17) is 5.11 Å². The first-order chi connectivity index (χ1) is 4.34. The molecule has 0 aliphatic heterocycles. The van der Waals surface area contributed by atoms with Crippen molar-refractivity contribution in [2.24, 2.45) is 5.41 Å². The SMILES string of the molecule is C/C(=C\C(=O)O)C(C)(C)C. The number of hydrogen-bond acceptors (Lipinski definition) is 1. The van der Waals surface area contributed by atoms with Crippen molar-refractivity contribution in [2.45, 2.75) is 27.7 Å². The summed E-state index contributed by atoms with van der Waals surface area (Å²) in [5.74, 6) is -0.868. The molecule has 2 heteroatoms. The van der Waals surface area contributed by atoms with Crippen LogP contribution in [-0.2, 0) is 4.79 Å². The van der Waals surface area contributed by atoms with Crippen LogP contribution in [-0.4, -0.2) is 11.1 Å². The van der Waals surface area contributed by atoms with Gasteiger partial charge in [0.15, 0.2) is 0 Å². The van der Waals surface area contributed by atoms with Gasteiger partial charge in [-0.25, -0.2) is 4.79 Å². The van der Waals surface area contributed by atoms with Crippen LogP contribution in [0.25, 0.3) is 0 Å². The van der Waals surface area contributed by atoms with E-state index in [1.165, 1.54) is 6.08 Å². The van der Waals surface area contributed by atoms with Gasteiger partial charge in [-0.2, -0.15) is 0 Å². The molecule has 58 valence electrons. The van der Waals surface area contributed by atoms with Crippen molar-refractivity contribution in [3.63, 3.8) is 0 Å². The Labute approximate surface area is 61.6 Å². The Hall–Kier alpha value is -0.790. The molecular formula is C8H14O2. The van der Waals surface area contributed by atoms with Crippen LogP contribution in [0.2, 0.25) is 0 Å². The molecule has 0 aromatic rings. The standard InChI is InChI=1S/C8H14O2/c1-6(5-7(9)10)8(2,3)4/h5H,1-4H3,(H,9,10)/b6-5+. The predicted molar refractivity (Wildman–Crippen MR) is 40.8 cm³/mol. The molecule has 0 saturated carbocycles. The first-order valence-corrected chi connectivity index (χ1v) is 3.26. The molecule has 0 aliphatic rings. The first-order valence-electron chi connectivity index (χ1n) is 3.26. The van der Waals surface area contributed by atoms with Crippen LogP contribution in [0.3, 0.4) is 0 Å². The van der Waals surface area contributed by atoms with E-state index in [9.17, 15) is 4.79 Å². The van der Waals surface area contributed by atoms with Crippen molar-refractivity contribution in [3.05, 3.63) is 11.6 Å². The Kier molecular flexibility index (Phi) is 2.64. The van der Waals surface area contributed by atoms with E-state index in [0.717, 1.165) is 5.57 Å².